The second kappa shape index (κ2) is 8.35. The van der Waals surface area contributed by atoms with Crippen molar-refractivity contribution < 1.29 is 8.78 Å². The molecule has 0 aliphatic carbocycles. The number of halogens is 2. The van der Waals surface area contributed by atoms with Gasteiger partial charge in [-0.25, -0.2) is 8.78 Å². The van der Waals surface area contributed by atoms with Crippen LogP contribution in [0, 0.1) is 29.4 Å². The van der Waals surface area contributed by atoms with Crippen molar-refractivity contribution in [1.29, 1.82) is 0 Å². The Hall–Kier alpha value is -0.960. The van der Waals surface area contributed by atoms with E-state index in [4.69, 9.17) is 0 Å². The van der Waals surface area contributed by atoms with Crippen LogP contribution in [0.15, 0.2) is 18.2 Å². The molecule has 0 spiro atoms. The molecular weight excluding hydrogens is 256 g/mol. The highest BCUT2D eigenvalue weighted by Gasteiger charge is 2.13. The molecular formula is C17H27F2N. The van der Waals surface area contributed by atoms with Gasteiger partial charge in [-0.2, -0.15) is 0 Å². The van der Waals surface area contributed by atoms with Gasteiger partial charge in [-0.15, -0.1) is 0 Å². The van der Waals surface area contributed by atoms with Crippen molar-refractivity contribution in [3.63, 3.8) is 0 Å². The van der Waals surface area contributed by atoms with E-state index >= 15 is 0 Å². The lowest BCUT2D eigenvalue weighted by Gasteiger charge is -2.20. The summed E-state index contributed by atoms with van der Waals surface area (Å²) < 4.78 is 26.2. The first-order valence-corrected chi connectivity index (χ1v) is 7.53. The molecule has 1 unspecified atom stereocenters. The van der Waals surface area contributed by atoms with Crippen LogP contribution in [-0.2, 0) is 6.42 Å². The van der Waals surface area contributed by atoms with Gasteiger partial charge in [-0.05, 0) is 61.4 Å². The number of nitrogens with one attached hydrogen (secondary N) is 1. The van der Waals surface area contributed by atoms with Crippen molar-refractivity contribution >= 4 is 0 Å². The molecule has 1 aromatic carbocycles. The lowest BCUT2D eigenvalue weighted by atomic mass is 9.90. The molecule has 0 aromatic heterocycles. The van der Waals surface area contributed by atoms with E-state index in [0.29, 0.717) is 17.8 Å². The highest BCUT2D eigenvalue weighted by atomic mass is 19.2. The van der Waals surface area contributed by atoms with Crippen LogP contribution in [0.2, 0.25) is 0 Å². The summed E-state index contributed by atoms with van der Waals surface area (Å²) in [5.74, 6) is 0.163. The van der Waals surface area contributed by atoms with E-state index in [0.717, 1.165) is 31.5 Å². The summed E-state index contributed by atoms with van der Waals surface area (Å²) in [6.07, 6.45) is 1.88. The van der Waals surface area contributed by atoms with Crippen LogP contribution < -0.4 is 5.32 Å². The van der Waals surface area contributed by atoms with Crippen LogP contribution in [0.1, 0.15) is 39.7 Å². The van der Waals surface area contributed by atoms with Gasteiger partial charge in [0.1, 0.15) is 0 Å². The maximum atomic E-state index is 13.3. The van der Waals surface area contributed by atoms with Crippen molar-refractivity contribution in [3.05, 3.63) is 35.4 Å². The summed E-state index contributed by atoms with van der Waals surface area (Å²) in [5.41, 5.74) is 0.876. The van der Waals surface area contributed by atoms with Gasteiger partial charge in [0.25, 0.3) is 0 Å². The van der Waals surface area contributed by atoms with Gasteiger partial charge in [0.05, 0.1) is 0 Å². The molecule has 1 rings (SSSR count). The van der Waals surface area contributed by atoms with Crippen molar-refractivity contribution in [2.45, 2.75) is 40.5 Å². The number of rotatable bonds is 8. The molecule has 0 heterocycles. The number of hydrogen-bond donors (Lipinski definition) is 1. The third-order valence-electron chi connectivity index (χ3n) is 3.30. The van der Waals surface area contributed by atoms with Gasteiger partial charge >= 0.3 is 0 Å². The van der Waals surface area contributed by atoms with Crippen molar-refractivity contribution in [3.8, 4) is 0 Å². The zero-order valence-electron chi connectivity index (χ0n) is 13.0. The monoisotopic (exact) mass is 283 g/mol. The molecule has 20 heavy (non-hydrogen) atoms. The van der Waals surface area contributed by atoms with E-state index in [1.165, 1.54) is 12.1 Å². The van der Waals surface area contributed by atoms with Gasteiger partial charge in [0.15, 0.2) is 11.6 Å². The molecule has 0 bridgehead atoms. The first-order valence-electron chi connectivity index (χ1n) is 7.53. The van der Waals surface area contributed by atoms with Gasteiger partial charge in [0, 0.05) is 0 Å². The van der Waals surface area contributed by atoms with Crippen molar-refractivity contribution in [1.82, 2.24) is 5.32 Å². The van der Waals surface area contributed by atoms with Crippen molar-refractivity contribution in [2.24, 2.45) is 17.8 Å². The summed E-state index contributed by atoms with van der Waals surface area (Å²) >= 11 is 0. The third-order valence-corrected chi connectivity index (χ3v) is 3.30. The SMILES string of the molecule is CC(C)CNCC(Cc1ccc(F)c(F)c1)CC(C)C. The summed E-state index contributed by atoms with van der Waals surface area (Å²) in [6.45, 7) is 10.7. The van der Waals surface area contributed by atoms with Gasteiger partial charge < -0.3 is 5.32 Å². The molecule has 0 saturated carbocycles. The fraction of sp³-hybridized carbons (Fsp3) is 0.647. The second-order valence-electron chi connectivity index (χ2n) is 6.50. The fourth-order valence-electron chi connectivity index (χ4n) is 2.48. The molecule has 1 N–H and O–H groups in total. The van der Waals surface area contributed by atoms with Crippen LogP contribution in [0.25, 0.3) is 0 Å². The largest absolute Gasteiger partial charge is 0.316 e. The van der Waals surface area contributed by atoms with Crippen molar-refractivity contribution in [2.75, 3.05) is 13.1 Å². The minimum Gasteiger partial charge on any atom is -0.316 e. The maximum Gasteiger partial charge on any atom is 0.159 e. The smallest absolute Gasteiger partial charge is 0.159 e. The standard InChI is InChI=1S/C17H27F2N/c1-12(2)7-15(11-20-10-13(3)4)8-14-5-6-16(18)17(19)9-14/h5-6,9,12-13,15,20H,7-8,10-11H2,1-4H3. The Morgan fingerprint density at radius 1 is 0.950 bits per heavy atom. The average Bonchev–Trinajstić information content (AvgIpc) is 2.32. The molecule has 114 valence electrons. The average molecular weight is 283 g/mol. The van der Waals surface area contributed by atoms with E-state index in [-0.39, 0.29) is 0 Å². The molecule has 1 atom stereocenters. The van der Waals surface area contributed by atoms with E-state index in [1.54, 1.807) is 6.07 Å². The normalized spacial score (nSPS) is 13.2. The van der Waals surface area contributed by atoms with Crippen LogP contribution in [0.4, 0.5) is 8.78 Å². The van der Waals surface area contributed by atoms with E-state index in [2.05, 4.69) is 33.0 Å². The summed E-state index contributed by atoms with van der Waals surface area (Å²) in [4.78, 5) is 0. The van der Waals surface area contributed by atoms with Crippen LogP contribution in [0.5, 0.6) is 0 Å². The lowest BCUT2D eigenvalue weighted by Crippen LogP contribution is -2.28. The fourth-order valence-corrected chi connectivity index (χ4v) is 2.48. The van der Waals surface area contributed by atoms with Crippen LogP contribution >= 0.6 is 0 Å². The van der Waals surface area contributed by atoms with Crippen LogP contribution in [0.3, 0.4) is 0 Å². The van der Waals surface area contributed by atoms with E-state index in [1.807, 2.05) is 0 Å². The third kappa shape index (κ3) is 6.47. The lowest BCUT2D eigenvalue weighted by molar-refractivity contribution is 0.375. The topological polar surface area (TPSA) is 12.0 Å². The molecule has 0 fully saturated rings. The minimum absolute atomic E-state index is 0.457. The Labute approximate surface area is 121 Å². The molecule has 0 radical (unpaired) electrons. The Kier molecular flexibility index (Phi) is 7.14. The molecule has 1 nitrogen and oxygen atoms in total. The molecule has 0 amide bonds. The molecule has 0 aliphatic rings. The Morgan fingerprint density at radius 3 is 2.20 bits per heavy atom. The Balaban J connectivity index is 2.60. The minimum atomic E-state index is -0.771. The Bertz CT molecular complexity index is 402. The molecule has 0 aliphatic heterocycles. The quantitative estimate of drug-likeness (QED) is 0.745. The first-order chi connectivity index (χ1) is 9.38. The zero-order chi connectivity index (χ0) is 15.1. The summed E-state index contributed by atoms with van der Waals surface area (Å²) in [6, 6.07) is 4.23. The predicted octanol–water partition coefficient (Wildman–Crippen LogP) is 4.42. The van der Waals surface area contributed by atoms with E-state index in [9.17, 15) is 8.78 Å². The molecule has 0 saturated heterocycles. The summed E-state index contributed by atoms with van der Waals surface area (Å²) in [5, 5.41) is 3.47. The highest BCUT2D eigenvalue weighted by Crippen LogP contribution is 2.18. The molecule has 3 heteroatoms. The Morgan fingerprint density at radius 2 is 1.65 bits per heavy atom. The number of hydrogen-bond acceptors (Lipinski definition) is 1. The first kappa shape index (κ1) is 17.1. The zero-order valence-corrected chi connectivity index (χ0v) is 13.0. The van der Waals surface area contributed by atoms with E-state index < -0.39 is 11.6 Å². The van der Waals surface area contributed by atoms with Crippen LogP contribution in [-0.4, -0.2) is 13.1 Å². The number of benzene rings is 1. The maximum absolute atomic E-state index is 13.3. The molecule has 1 aromatic rings. The summed E-state index contributed by atoms with van der Waals surface area (Å²) in [7, 11) is 0. The predicted molar refractivity (Wildman–Crippen MR) is 80.7 cm³/mol. The van der Waals surface area contributed by atoms with Gasteiger partial charge in [0.2, 0.25) is 0 Å². The van der Waals surface area contributed by atoms with Gasteiger partial charge in [-0.3, -0.25) is 0 Å². The van der Waals surface area contributed by atoms with Gasteiger partial charge in [-0.1, -0.05) is 33.8 Å². The highest BCUT2D eigenvalue weighted by molar-refractivity contribution is 5.18. The second-order valence-corrected chi connectivity index (χ2v) is 6.50.